The van der Waals surface area contributed by atoms with Crippen LogP contribution >= 0.6 is 0 Å². The Morgan fingerprint density at radius 3 is 3.17 bits per heavy atom. The highest BCUT2D eigenvalue weighted by atomic mass is 15.3. The van der Waals surface area contributed by atoms with E-state index >= 15 is 0 Å². The van der Waals surface area contributed by atoms with Crippen molar-refractivity contribution in [2.45, 2.75) is 13.5 Å². The molecule has 0 saturated heterocycles. The van der Waals surface area contributed by atoms with Gasteiger partial charge in [0.2, 0.25) is 0 Å². The van der Waals surface area contributed by atoms with Crippen molar-refractivity contribution in [1.29, 1.82) is 0 Å². The molecule has 2 aromatic heterocycles. The maximum absolute atomic E-state index is 5.51. The van der Waals surface area contributed by atoms with E-state index in [9.17, 15) is 0 Å². The van der Waals surface area contributed by atoms with Crippen LogP contribution in [0.25, 0.3) is 5.78 Å². The van der Waals surface area contributed by atoms with E-state index in [0.717, 1.165) is 5.69 Å². The van der Waals surface area contributed by atoms with Crippen LogP contribution in [0.3, 0.4) is 0 Å². The quantitative estimate of drug-likeness (QED) is 0.637. The Labute approximate surface area is 69.2 Å². The van der Waals surface area contributed by atoms with E-state index in [1.54, 1.807) is 10.7 Å². The van der Waals surface area contributed by atoms with Crippen molar-refractivity contribution in [3.05, 3.63) is 23.8 Å². The number of nitrogens with two attached hydrogens (primary N) is 1. The molecule has 12 heavy (non-hydrogen) atoms. The predicted molar refractivity (Wildman–Crippen MR) is 43.4 cm³/mol. The van der Waals surface area contributed by atoms with Gasteiger partial charge in [-0.15, -0.1) is 5.10 Å². The molecule has 0 aromatic carbocycles. The van der Waals surface area contributed by atoms with Crippen LogP contribution in [0.5, 0.6) is 0 Å². The summed E-state index contributed by atoms with van der Waals surface area (Å²) < 4.78 is 1.66. The van der Waals surface area contributed by atoms with Gasteiger partial charge >= 0.3 is 0 Å². The van der Waals surface area contributed by atoms with Crippen molar-refractivity contribution >= 4 is 5.78 Å². The van der Waals surface area contributed by atoms with Crippen LogP contribution < -0.4 is 5.73 Å². The molecule has 0 radical (unpaired) electrons. The predicted octanol–water partition coefficient (Wildman–Crippen LogP) is -0.109. The summed E-state index contributed by atoms with van der Waals surface area (Å²) in [6.07, 6.45) is 1.69. The zero-order chi connectivity index (χ0) is 8.55. The molecule has 62 valence electrons. The summed E-state index contributed by atoms with van der Waals surface area (Å²) >= 11 is 0. The highest BCUT2D eigenvalue weighted by molar-refractivity contribution is 5.28. The SMILES string of the molecule is Cc1nc2nccc(CN)n2n1. The number of hydrogen-bond donors (Lipinski definition) is 1. The standard InChI is InChI=1S/C7H9N5/c1-5-10-7-9-3-2-6(4-8)12(7)11-5/h2-3H,4,8H2,1H3. The van der Waals surface area contributed by atoms with Gasteiger partial charge in [-0.25, -0.2) is 4.98 Å². The summed E-state index contributed by atoms with van der Waals surface area (Å²) in [5.74, 6) is 1.32. The molecular weight excluding hydrogens is 154 g/mol. The highest BCUT2D eigenvalue weighted by Gasteiger charge is 2.02. The zero-order valence-electron chi connectivity index (χ0n) is 6.73. The molecule has 0 spiro atoms. The molecule has 2 aromatic rings. The second-order valence-corrected chi connectivity index (χ2v) is 2.51. The van der Waals surface area contributed by atoms with Crippen molar-refractivity contribution in [2.75, 3.05) is 0 Å². The Morgan fingerprint density at radius 1 is 1.58 bits per heavy atom. The number of nitrogens with zero attached hydrogens (tertiary/aromatic N) is 4. The van der Waals surface area contributed by atoms with Crippen LogP contribution in [0, 0.1) is 6.92 Å². The van der Waals surface area contributed by atoms with Gasteiger partial charge < -0.3 is 5.73 Å². The topological polar surface area (TPSA) is 69.1 Å². The first kappa shape index (κ1) is 7.17. The molecule has 2 heterocycles. The Morgan fingerprint density at radius 2 is 2.42 bits per heavy atom. The maximum Gasteiger partial charge on any atom is 0.252 e. The first-order chi connectivity index (χ1) is 5.81. The smallest absolute Gasteiger partial charge is 0.252 e. The molecular formula is C7H9N5. The summed E-state index contributed by atoms with van der Waals surface area (Å²) in [7, 11) is 0. The molecule has 5 heteroatoms. The van der Waals surface area contributed by atoms with Crippen molar-refractivity contribution < 1.29 is 0 Å². The van der Waals surface area contributed by atoms with E-state index < -0.39 is 0 Å². The number of aryl methyl sites for hydroxylation is 1. The fourth-order valence-corrected chi connectivity index (χ4v) is 1.10. The zero-order valence-corrected chi connectivity index (χ0v) is 6.73. The minimum Gasteiger partial charge on any atom is -0.325 e. The van der Waals surface area contributed by atoms with Gasteiger partial charge in [-0.1, -0.05) is 0 Å². The summed E-state index contributed by atoms with van der Waals surface area (Å²) in [5, 5.41) is 4.15. The van der Waals surface area contributed by atoms with Crippen LogP contribution in [-0.2, 0) is 6.54 Å². The van der Waals surface area contributed by atoms with Gasteiger partial charge in [0.1, 0.15) is 5.82 Å². The van der Waals surface area contributed by atoms with E-state index in [0.29, 0.717) is 18.1 Å². The van der Waals surface area contributed by atoms with E-state index in [2.05, 4.69) is 15.1 Å². The average Bonchev–Trinajstić information content (AvgIpc) is 2.44. The van der Waals surface area contributed by atoms with E-state index in [1.807, 2.05) is 13.0 Å². The van der Waals surface area contributed by atoms with Gasteiger partial charge in [-0.05, 0) is 13.0 Å². The van der Waals surface area contributed by atoms with Crippen molar-refractivity contribution in [3.8, 4) is 0 Å². The summed E-state index contributed by atoms with van der Waals surface area (Å²) in [6, 6.07) is 1.83. The van der Waals surface area contributed by atoms with Crippen LogP contribution in [0.1, 0.15) is 11.5 Å². The Hall–Kier alpha value is -1.49. The summed E-state index contributed by atoms with van der Waals surface area (Å²) in [4.78, 5) is 8.15. The largest absolute Gasteiger partial charge is 0.325 e. The normalized spacial score (nSPS) is 10.8. The molecule has 0 unspecified atom stereocenters. The highest BCUT2D eigenvalue weighted by Crippen LogP contribution is 2.00. The molecule has 0 amide bonds. The Balaban J connectivity index is 2.78. The first-order valence-electron chi connectivity index (χ1n) is 3.68. The van der Waals surface area contributed by atoms with Crippen molar-refractivity contribution in [3.63, 3.8) is 0 Å². The Bertz CT molecular complexity index is 405. The van der Waals surface area contributed by atoms with Crippen LogP contribution in [0.15, 0.2) is 12.3 Å². The third kappa shape index (κ3) is 0.947. The fraction of sp³-hybridized carbons (Fsp3) is 0.286. The summed E-state index contributed by atoms with van der Waals surface area (Å²) in [6.45, 7) is 2.27. The third-order valence-corrected chi connectivity index (χ3v) is 1.63. The lowest BCUT2D eigenvalue weighted by molar-refractivity contribution is 0.824. The van der Waals surface area contributed by atoms with Gasteiger partial charge in [0.25, 0.3) is 5.78 Å². The maximum atomic E-state index is 5.51. The van der Waals surface area contributed by atoms with Crippen LogP contribution in [0.4, 0.5) is 0 Å². The fourth-order valence-electron chi connectivity index (χ4n) is 1.10. The molecule has 0 aliphatic carbocycles. The van der Waals surface area contributed by atoms with Gasteiger partial charge in [-0.2, -0.15) is 9.50 Å². The van der Waals surface area contributed by atoms with Crippen molar-refractivity contribution in [2.24, 2.45) is 5.73 Å². The molecule has 2 N–H and O–H groups in total. The lowest BCUT2D eigenvalue weighted by atomic mass is 10.4. The molecule has 0 bridgehead atoms. The van der Waals surface area contributed by atoms with Gasteiger partial charge in [0, 0.05) is 12.7 Å². The number of aromatic nitrogens is 4. The molecule has 0 aliphatic heterocycles. The molecule has 2 rings (SSSR count). The molecule has 0 aliphatic rings. The molecule has 0 fully saturated rings. The average molecular weight is 163 g/mol. The molecule has 0 atom stereocenters. The number of rotatable bonds is 1. The second-order valence-electron chi connectivity index (χ2n) is 2.51. The summed E-state index contributed by atoms with van der Waals surface area (Å²) in [5.41, 5.74) is 6.43. The van der Waals surface area contributed by atoms with E-state index in [1.165, 1.54) is 0 Å². The van der Waals surface area contributed by atoms with Crippen molar-refractivity contribution in [1.82, 2.24) is 19.6 Å². The first-order valence-corrected chi connectivity index (χ1v) is 3.68. The van der Waals surface area contributed by atoms with Crippen LogP contribution in [-0.4, -0.2) is 19.6 Å². The van der Waals surface area contributed by atoms with Crippen LogP contribution in [0.2, 0.25) is 0 Å². The third-order valence-electron chi connectivity index (χ3n) is 1.63. The van der Waals surface area contributed by atoms with Gasteiger partial charge in [-0.3, -0.25) is 0 Å². The minimum absolute atomic E-state index is 0.446. The second kappa shape index (κ2) is 2.53. The Kier molecular flexibility index (Phi) is 1.51. The lowest BCUT2D eigenvalue weighted by Gasteiger charge is -1.97. The molecule has 0 saturated carbocycles. The van der Waals surface area contributed by atoms with Gasteiger partial charge in [0.05, 0.1) is 5.69 Å². The van der Waals surface area contributed by atoms with Gasteiger partial charge in [0.15, 0.2) is 0 Å². The minimum atomic E-state index is 0.446. The van der Waals surface area contributed by atoms with E-state index in [4.69, 9.17) is 5.73 Å². The lowest BCUT2D eigenvalue weighted by Crippen LogP contribution is -2.05. The van der Waals surface area contributed by atoms with E-state index in [-0.39, 0.29) is 0 Å². The number of fused-ring (bicyclic) bond motifs is 1. The number of hydrogen-bond acceptors (Lipinski definition) is 4. The monoisotopic (exact) mass is 163 g/mol. The molecule has 5 nitrogen and oxygen atoms in total.